The second-order valence-electron chi connectivity index (χ2n) is 6.77. The quantitative estimate of drug-likeness (QED) is 0.900. The molecule has 0 bridgehead atoms. The zero-order valence-electron chi connectivity index (χ0n) is 14.3. The number of hydrogen-bond acceptors (Lipinski definition) is 1. The topological polar surface area (TPSA) is 29.1 Å². The zero-order chi connectivity index (χ0) is 16.4. The Balaban J connectivity index is 1.64. The smallest absolute Gasteiger partial charge is 0.224 e. The van der Waals surface area contributed by atoms with E-state index in [1.54, 1.807) is 0 Å². The molecule has 1 aliphatic rings. The summed E-state index contributed by atoms with van der Waals surface area (Å²) in [6, 6.07) is 12.9. The summed E-state index contributed by atoms with van der Waals surface area (Å²) in [5.41, 5.74) is 7.72. The Morgan fingerprint density at radius 1 is 1.04 bits per heavy atom. The zero-order valence-corrected chi connectivity index (χ0v) is 14.3. The molecule has 23 heavy (non-hydrogen) atoms. The highest BCUT2D eigenvalue weighted by molar-refractivity contribution is 5.79. The van der Waals surface area contributed by atoms with E-state index in [1.807, 2.05) is 6.07 Å². The molecule has 1 amide bonds. The van der Waals surface area contributed by atoms with E-state index in [0.29, 0.717) is 6.42 Å². The van der Waals surface area contributed by atoms with Gasteiger partial charge in [-0.3, -0.25) is 4.79 Å². The van der Waals surface area contributed by atoms with Gasteiger partial charge in [0.15, 0.2) is 0 Å². The maximum Gasteiger partial charge on any atom is 0.224 e. The molecule has 2 aromatic carbocycles. The molecule has 3 rings (SSSR count). The molecule has 0 fully saturated rings. The molecule has 0 saturated carbocycles. The first-order chi connectivity index (χ1) is 11.0. The van der Waals surface area contributed by atoms with Crippen LogP contribution < -0.4 is 5.32 Å². The highest BCUT2D eigenvalue weighted by Crippen LogP contribution is 2.25. The summed E-state index contributed by atoms with van der Waals surface area (Å²) in [6.45, 7) is 6.24. The lowest BCUT2D eigenvalue weighted by Crippen LogP contribution is -2.28. The minimum atomic E-state index is 0.0555. The molecule has 1 unspecified atom stereocenters. The highest BCUT2D eigenvalue weighted by atomic mass is 16.1. The number of amides is 1. The van der Waals surface area contributed by atoms with Crippen molar-refractivity contribution in [2.45, 2.75) is 52.5 Å². The third-order valence-electron chi connectivity index (χ3n) is 4.94. The molecule has 2 heteroatoms. The minimum absolute atomic E-state index is 0.0555. The lowest BCUT2D eigenvalue weighted by Gasteiger charge is -2.16. The van der Waals surface area contributed by atoms with Gasteiger partial charge in [0.2, 0.25) is 5.91 Å². The van der Waals surface area contributed by atoms with Gasteiger partial charge < -0.3 is 5.32 Å². The van der Waals surface area contributed by atoms with Gasteiger partial charge in [0.1, 0.15) is 0 Å². The number of fused-ring (bicyclic) bond motifs is 1. The van der Waals surface area contributed by atoms with Crippen molar-refractivity contribution in [3.8, 4) is 0 Å². The van der Waals surface area contributed by atoms with Crippen molar-refractivity contribution in [3.05, 3.63) is 69.8 Å². The van der Waals surface area contributed by atoms with E-state index in [2.05, 4.69) is 56.4 Å². The van der Waals surface area contributed by atoms with Gasteiger partial charge in [-0.1, -0.05) is 36.4 Å². The number of benzene rings is 2. The molecular weight excluding hydrogens is 282 g/mol. The normalized spacial score (nSPS) is 14.4. The second-order valence-corrected chi connectivity index (χ2v) is 6.77. The maximum atomic E-state index is 12.3. The Bertz CT molecular complexity index is 733. The molecular formula is C21H25NO. The molecule has 0 saturated heterocycles. The van der Waals surface area contributed by atoms with Gasteiger partial charge >= 0.3 is 0 Å². The van der Waals surface area contributed by atoms with E-state index >= 15 is 0 Å². The Kier molecular flexibility index (Phi) is 4.51. The van der Waals surface area contributed by atoms with Crippen LogP contribution in [-0.4, -0.2) is 5.91 Å². The van der Waals surface area contributed by atoms with Crippen LogP contribution in [0, 0.1) is 13.8 Å². The average Bonchev–Trinajstić information content (AvgIpc) is 2.98. The van der Waals surface area contributed by atoms with Crippen LogP contribution in [0.5, 0.6) is 0 Å². The van der Waals surface area contributed by atoms with E-state index < -0.39 is 0 Å². The monoisotopic (exact) mass is 307 g/mol. The Morgan fingerprint density at radius 2 is 1.83 bits per heavy atom. The molecule has 1 atom stereocenters. The molecule has 2 nitrogen and oxygen atoms in total. The standard InChI is InChI=1S/C21H25NO/c1-14-7-8-17(11-15(14)2)12-21(23)22-16(3)19-10-9-18-5-4-6-20(18)13-19/h7-11,13,16H,4-6,12H2,1-3H3,(H,22,23). The molecule has 0 aliphatic heterocycles. The lowest BCUT2D eigenvalue weighted by atomic mass is 10.0. The largest absolute Gasteiger partial charge is 0.349 e. The molecule has 0 aromatic heterocycles. The fourth-order valence-corrected chi connectivity index (χ4v) is 3.34. The van der Waals surface area contributed by atoms with Gasteiger partial charge in [-0.25, -0.2) is 0 Å². The molecule has 120 valence electrons. The van der Waals surface area contributed by atoms with Crippen molar-refractivity contribution in [1.29, 1.82) is 0 Å². The number of carbonyl (C=O) groups is 1. The third kappa shape index (κ3) is 3.64. The first-order valence-corrected chi connectivity index (χ1v) is 8.50. The molecule has 2 aromatic rings. The second kappa shape index (κ2) is 6.57. The third-order valence-corrected chi connectivity index (χ3v) is 4.94. The van der Waals surface area contributed by atoms with Crippen LogP contribution >= 0.6 is 0 Å². The van der Waals surface area contributed by atoms with Crippen LogP contribution in [-0.2, 0) is 24.1 Å². The average molecular weight is 307 g/mol. The summed E-state index contributed by atoms with van der Waals surface area (Å²) >= 11 is 0. The van der Waals surface area contributed by atoms with Crippen LogP contribution in [0.3, 0.4) is 0 Å². The van der Waals surface area contributed by atoms with E-state index in [0.717, 1.165) is 5.56 Å². The molecule has 0 spiro atoms. The van der Waals surface area contributed by atoms with Gasteiger partial charge in [-0.15, -0.1) is 0 Å². The maximum absolute atomic E-state index is 12.3. The minimum Gasteiger partial charge on any atom is -0.349 e. The van der Waals surface area contributed by atoms with Gasteiger partial charge in [0, 0.05) is 0 Å². The molecule has 0 heterocycles. The summed E-state index contributed by atoms with van der Waals surface area (Å²) in [5.74, 6) is 0.0845. The van der Waals surface area contributed by atoms with Gasteiger partial charge in [0.05, 0.1) is 12.5 Å². The first-order valence-electron chi connectivity index (χ1n) is 8.50. The van der Waals surface area contributed by atoms with Gasteiger partial charge in [0.25, 0.3) is 0 Å². The SMILES string of the molecule is Cc1ccc(CC(=O)NC(C)c2ccc3c(c2)CCC3)cc1C. The van der Waals surface area contributed by atoms with Crippen LogP contribution in [0.4, 0.5) is 0 Å². The Hall–Kier alpha value is -2.09. The molecule has 1 aliphatic carbocycles. The van der Waals surface area contributed by atoms with Crippen molar-refractivity contribution in [2.75, 3.05) is 0 Å². The summed E-state index contributed by atoms with van der Waals surface area (Å²) in [6.07, 6.45) is 4.07. The fraction of sp³-hybridized carbons (Fsp3) is 0.381. The number of aryl methyl sites for hydroxylation is 4. The van der Waals surface area contributed by atoms with E-state index in [9.17, 15) is 4.79 Å². The predicted octanol–water partition coefficient (Wildman–Crippen LogP) is 4.21. The van der Waals surface area contributed by atoms with Gasteiger partial charge in [-0.05, 0) is 73.4 Å². The van der Waals surface area contributed by atoms with Crippen molar-refractivity contribution >= 4 is 5.91 Å². The van der Waals surface area contributed by atoms with Crippen molar-refractivity contribution < 1.29 is 4.79 Å². The Morgan fingerprint density at radius 3 is 2.61 bits per heavy atom. The summed E-state index contributed by atoms with van der Waals surface area (Å²) in [7, 11) is 0. The number of carbonyl (C=O) groups excluding carboxylic acids is 1. The van der Waals surface area contributed by atoms with Crippen LogP contribution in [0.1, 0.15) is 52.8 Å². The fourth-order valence-electron chi connectivity index (χ4n) is 3.34. The summed E-state index contributed by atoms with van der Waals surface area (Å²) in [5, 5.41) is 3.13. The Labute approximate surface area is 138 Å². The van der Waals surface area contributed by atoms with Crippen molar-refractivity contribution in [1.82, 2.24) is 5.32 Å². The van der Waals surface area contributed by atoms with Crippen molar-refractivity contribution in [2.24, 2.45) is 0 Å². The predicted molar refractivity (Wildman–Crippen MR) is 94.6 cm³/mol. The number of rotatable bonds is 4. The number of hydrogen-bond donors (Lipinski definition) is 1. The summed E-state index contributed by atoms with van der Waals surface area (Å²) < 4.78 is 0. The first kappa shape index (κ1) is 15.8. The van der Waals surface area contributed by atoms with E-state index in [1.165, 1.54) is 47.1 Å². The molecule has 0 radical (unpaired) electrons. The summed E-state index contributed by atoms with van der Waals surface area (Å²) in [4.78, 5) is 12.3. The number of nitrogens with one attached hydrogen (secondary N) is 1. The van der Waals surface area contributed by atoms with E-state index in [4.69, 9.17) is 0 Å². The van der Waals surface area contributed by atoms with Crippen LogP contribution in [0.25, 0.3) is 0 Å². The highest BCUT2D eigenvalue weighted by Gasteiger charge is 2.15. The van der Waals surface area contributed by atoms with Crippen molar-refractivity contribution in [3.63, 3.8) is 0 Å². The van der Waals surface area contributed by atoms with Crippen LogP contribution in [0.2, 0.25) is 0 Å². The van der Waals surface area contributed by atoms with Crippen LogP contribution in [0.15, 0.2) is 36.4 Å². The molecule has 1 N–H and O–H groups in total. The lowest BCUT2D eigenvalue weighted by molar-refractivity contribution is -0.121. The van der Waals surface area contributed by atoms with E-state index in [-0.39, 0.29) is 11.9 Å². The van der Waals surface area contributed by atoms with Gasteiger partial charge in [-0.2, -0.15) is 0 Å².